The van der Waals surface area contributed by atoms with Gasteiger partial charge in [-0.3, -0.25) is 0 Å². The lowest BCUT2D eigenvalue weighted by Crippen LogP contribution is -2.08. The van der Waals surface area contributed by atoms with Gasteiger partial charge in [-0.05, 0) is 27.6 Å². The largest absolute Gasteiger partial charge is 0.310 e. The molecule has 0 heterocycles. The standard InChI is InChI=1S/C4H11N.C3H6/c1-4-5(2)3;1-3-2/h4H2,1-3H3;3H,1H2,2H3. The van der Waals surface area contributed by atoms with E-state index >= 15 is 0 Å². The van der Waals surface area contributed by atoms with Gasteiger partial charge in [0, 0.05) is 0 Å². The van der Waals surface area contributed by atoms with Crippen LogP contribution in [0.25, 0.3) is 0 Å². The van der Waals surface area contributed by atoms with E-state index in [1.165, 1.54) is 0 Å². The Morgan fingerprint density at radius 1 is 1.50 bits per heavy atom. The molecule has 0 aromatic rings. The first-order valence-electron chi connectivity index (χ1n) is 2.90. The van der Waals surface area contributed by atoms with Crippen molar-refractivity contribution < 1.29 is 0 Å². The van der Waals surface area contributed by atoms with Crippen LogP contribution in [0, 0.1) is 0 Å². The van der Waals surface area contributed by atoms with Crippen molar-refractivity contribution in [1.82, 2.24) is 4.90 Å². The second kappa shape index (κ2) is 9.85. The van der Waals surface area contributed by atoms with Crippen LogP contribution in [0.4, 0.5) is 0 Å². The van der Waals surface area contributed by atoms with Gasteiger partial charge in [0.15, 0.2) is 0 Å². The molecule has 0 aliphatic rings. The minimum atomic E-state index is 1.14. The first-order chi connectivity index (χ1) is 3.68. The first-order valence-corrected chi connectivity index (χ1v) is 2.90. The molecule has 1 nitrogen and oxygen atoms in total. The van der Waals surface area contributed by atoms with E-state index in [4.69, 9.17) is 0 Å². The Hall–Kier alpha value is -0.300. The van der Waals surface area contributed by atoms with Crippen LogP contribution in [0.15, 0.2) is 12.7 Å². The molecule has 0 saturated heterocycles. The molecule has 0 rings (SSSR count). The van der Waals surface area contributed by atoms with E-state index in [1.807, 2.05) is 6.92 Å². The Kier molecular flexibility index (Phi) is 13.1. The Bertz CT molecular complexity index is 39.7. The third-order valence-electron chi connectivity index (χ3n) is 0.632. The molecule has 0 N–H and O–H groups in total. The van der Waals surface area contributed by atoms with E-state index in [-0.39, 0.29) is 0 Å². The molecule has 0 aliphatic carbocycles. The topological polar surface area (TPSA) is 3.24 Å². The van der Waals surface area contributed by atoms with Gasteiger partial charge in [0.05, 0.1) is 0 Å². The molecule has 0 unspecified atom stereocenters. The van der Waals surface area contributed by atoms with Gasteiger partial charge in [-0.2, -0.15) is 0 Å². The molecule has 0 aromatic carbocycles. The lowest BCUT2D eigenvalue weighted by atomic mass is 10.7. The second-order valence-electron chi connectivity index (χ2n) is 1.80. The summed E-state index contributed by atoms with van der Waals surface area (Å²) in [7, 11) is 4.11. The van der Waals surface area contributed by atoms with Gasteiger partial charge >= 0.3 is 0 Å². The average Bonchev–Trinajstić information content (AvgIpc) is 1.69. The van der Waals surface area contributed by atoms with Crippen molar-refractivity contribution in [3.63, 3.8) is 0 Å². The second-order valence-corrected chi connectivity index (χ2v) is 1.80. The number of hydrogen-bond donors (Lipinski definition) is 0. The molecule has 0 atom stereocenters. The van der Waals surface area contributed by atoms with Gasteiger partial charge < -0.3 is 4.90 Å². The van der Waals surface area contributed by atoms with Crippen LogP contribution >= 0.6 is 0 Å². The van der Waals surface area contributed by atoms with Crippen LogP contribution in [0.5, 0.6) is 0 Å². The summed E-state index contributed by atoms with van der Waals surface area (Å²) in [6.07, 6.45) is 1.75. The minimum absolute atomic E-state index is 1.14. The first kappa shape index (κ1) is 10.6. The van der Waals surface area contributed by atoms with E-state index in [0.717, 1.165) is 6.54 Å². The van der Waals surface area contributed by atoms with E-state index in [0.29, 0.717) is 0 Å². The van der Waals surface area contributed by atoms with Crippen LogP contribution in [0.2, 0.25) is 0 Å². The summed E-state index contributed by atoms with van der Waals surface area (Å²) in [6.45, 7) is 8.51. The van der Waals surface area contributed by atoms with Crippen molar-refractivity contribution >= 4 is 0 Å². The van der Waals surface area contributed by atoms with Crippen LogP contribution < -0.4 is 0 Å². The lowest BCUT2D eigenvalue weighted by molar-refractivity contribution is 0.434. The molecule has 8 heavy (non-hydrogen) atoms. The van der Waals surface area contributed by atoms with Crippen molar-refractivity contribution in [3.8, 4) is 0 Å². The maximum absolute atomic E-state index is 3.36. The monoisotopic (exact) mass is 115 g/mol. The maximum atomic E-state index is 3.36. The fourth-order valence-electron chi connectivity index (χ4n) is 0. The smallest absolute Gasteiger partial charge is 0.00533 e. The molecular formula is C7H17N. The Morgan fingerprint density at radius 2 is 1.62 bits per heavy atom. The normalized spacial score (nSPS) is 7.62. The summed E-state index contributed by atoms with van der Waals surface area (Å²) in [6, 6.07) is 0. The van der Waals surface area contributed by atoms with Gasteiger partial charge in [-0.25, -0.2) is 0 Å². The zero-order chi connectivity index (χ0) is 6.99. The van der Waals surface area contributed by atoms with Gasteiger partial charge in [-0.1, -0.05) is 13.0 Å². The molecule has 0 radical (unpaired) electrons. The minimum Gasteiger partial charge on any atom is -0.310 e. The fourth-order valence-corrected chi connectivity index (χ4v) is 0. The Labute approximate surface area is 53.0 Å². The van der Waals surface area contributed by atoms with Crippen molar-refractivity contribution in [3.05, 3.63) is 12.7 Å². The molecule has 0 saturated carbocycles. The van der Waals surface area contributed by atoms with Crippen molar-refractivity contribution in [1.29, 1.82) is 0 Å². The SMILES string of the molecule is C=CC.CCN(C)C. The molecule has 0 aliphatic heterocycles. The molecule has 0 aromatic heterocycles. The predicted octanol–water partition coefficient (Wildman–Crippen LogP) is 1.76. The molecule has 0 amide bonds. The number of allylic oxidation sites excluding steroid dienone is 1. The molecular weight excluding hydrogens is 98.1 g/mol. The third kappa shape index (κ3) is 43.6. The van der Waals surface area contributed by atoms with Gasteiger partial charge in [-0.15, -0.1) is 6.58 Å². The van der Waals surface area contributed by atoms with Gasteiger partial charge in [0.25, 0.3) is 0 Å². The quantitative estimate of drug-likeness (QED) is 0.471. The number of rotatable bonds is 1. The number of nitrogens with zero attached hydrogens (tertiary/aromatic N) is 1. The number of hydrogen-bond acceptors (Lipinski definition) is 1. The van der Waals surface area contributed by atoms with Gasteiger partial charge in [0.2, 0.25) is 0 Å². The molecule has 0 fully saturated rings. The summed E-state index contributed by atoms with van der Waals surface area (Å²) in [5.74, 6) is 0. The molecule has 0 bridgehead atoms. The van der Waals surface area contributed by atoms with E-state index < -0.39 is 0 Å². The zero-order valence-electron chi connectivity index (χ0n) is 6.44. The van der Waals surface area contributed by atoms with Crippen LogP contribution in [0.1, 0.15) is 13.8 Å². The van der Waals surface area contributed by atoms with E-state index in [2.05, 4.69) is 32.5 Å². The zero-order valence-corrected chi connectivity index (χ0v) is 6.44. The summed E-state index contributed by atoms with van der Waals surface area (Å²) in [5, 5.41) is 0. The summed E-state index contributed by atoms with van der Waals surface area (Å²) in [4.78, 5) is 2.12. The highest BCUT2D eigenvalue weighted by atomic mass is 15.0. The highest BCUT2D eigenvalue weighted by molar-refractivity contribution is 4.51. The molecule has 0 spiro atoms. The van der Waals surface area contributed by atoms with Crippen molar-refractivity contribution in [2.24, 2.45) is 0 Å². The van der Waals surface area contributed by atoms with Crippen molar-refractivity contribution in [2.45, 2.75) is 13.8 Å². The Balaban J connectivity index is 0. The van der Waals surface area contributed by atoms with Crippen LogP contribution in [-0.2, 0) is 0 Å². The van der Waals surface area contributed by atoms with Gasteiger partial charge in [0.1, 0.15) is 0 Å². The van der Waals surface area contributed by atoms with Crippen LogP contribution in [-0.4, -0.2) is 25.5 Å². The van der Waals surface area contributed by atoms with Crippen molar-refractivity contribution in [2.75, 3.05) is 20.6 Å². The maximum Gasteiger partial charge on any atom is -0.00533 e. The van der Waals surface area contributed by atoms with E-state index in [9.17, 15) is 0 Å². The molecule has 50 valence electrons. The lowest BCUT2D eigenvalue weighted by Gasteiger charge is -2.00. The molecule has 1 heteroatoms. The summed E-state index contributed by atoms with van der Waals surface area (Å²) in [5.41, 5.74) is 0. The van der Waals surface area contributed by atoms with Crippen LogP contribution in [0.3, 0.4) is 0 Å². The van der Waals surface area contributed by atoms with E-state index in [1.54, 1.807) is 6.08 Å². The highest BCUT2D eigenvalue weighted by Crippen LogP contribution is 1.63. The average molecular weight is 115 g/mol. The highest BCUT2D eigenvalue weighted by Gasteiger charge is 1.72. The summed E-state index contributed by atoms with van der Waals surface area (Å²) < 4.78 is 0. The Morgan fingerprint density at radius 3 is 1.62 bits per heavy atom. The summed E-state index contributed by atoms with van der Waals surface area (Å²) >= 11 is 0. The fraction of sp³-hybridized carbons (Fsp3) is 0.714. The predicted molar refractivity (Wildman–Crippen MR) is 40.1 cm³/mol. The third-order valence-corrected chi connectivity index (χ3v) is 0.632.